The summed E-state index contributed by atoms with van der Waals surface area (Å²) in [6.07, 6.45) is 1.25. The number of benzene rings is 1. The summed E-state index contributed by atoms with van der Waals surface area (Å²) in [6.45, 7) is 1.67. The van der Waals surface area contributed by atoms with Crippen LogP contribution in [0, 0.1) is 6.92 Å². The normalized spacial score (nSPS) is 10.0. The van der Waals surface area contributed by atoms with Crippen molar-refractivity contribution in [1.29, 1.82) is 0 Å². The smallest absolute Gasteiger partial charge is 0.319 e. The fourth-order valence-corrected chi connectivity index (χ4v) is 2.10. The van der Waals surface area contributed by atoms with Gasteiger partial charge in [-0.2, -0.15) is 0 Å². The zero-order valence-electron chi connectivity index (χ0n) is 14.0. The average Bonchev–Trinajstić information content (AvgIpc) is 2.54. The van der Waals surface area contributed by atoms with E-state index in [0.717, 1.165) is 0 Å². The van der Waals surface area contributed by atoms with Crippen molar-refractivity contribution in [2.24, 2.45) is 5.73 Å². The fraction of sp³-hybridized carbons (Fsp3) is 0.188. The van der Waals surface area contributed by atoms with Gasteiger partial charge in [-0.1, -0.05) is 6.07 Å². The second-order valence-corrected chi connectivity index (χ2v) is 5.32. The topological polar surface area (TPSA) is 159 Å². The van der Waals surface area contributed by atoms with Crippen LogP contribution in [0.1, 0.15) is 22.5 Å². The number of nitrogens with one attached hydrogen (secondary N) is 4. The summed E-state index contributed by atoms with van der Waals surface area (Å²) in [5.41, 5.74) is 5.45. The van der Waals surface area contributed by atoms with Crippen molar-refractivity contribution in [2.75, 3.05) is 17.2 Å². The maximum Gasteiger partial charge on any atom is 0.319 e. The summed E-state index contributed by atoms with van der Waals surface area (Å²) in [5, 5.41) is 7.61. The number of nitrogens with two attached hydrogens (primary N) is 1. The lowest BCUT2D eigenvalue weighted by molar-refractivity contribution is -0.117. The molecule has 0 unspecified atom stereocenters. The molecular weight excluding hydrogens is 340 g/mol. The first-order valence-corrected chi connectivity index (χ1v) is 7.65. The van der Waals surface area contributed by atoms with E-state index in [9.17, 15) is 19.2 Å². The number of primary amides is 1. The van der Waals surface area contributed by atoms with Crippen LogP contribution in [0.4, 0.5) is 16.2 Å². The Labute approximate surface area is 148 Å². The molecule has 6 N–H and O–H groups in total. The number of rotatable bonds is 6. The third kappa shape index (κ3) is 5.16. The Balaban J connectivity index is 2.03. The third-order valence-corrected chi connectivity index (χ3v) is 3.31. The van der Waals surface area contributed by atoms with Gasteiger partial charge in [-0.25, -0.2) is 9.78 Å². The summed E-state index contributed by atoms with van der Waals surface area (Å²) in [5.74, 6) is -1.13. The Morgan fingerprint density at radius 1 is 1.19 bits per heavy atom. The predicted octanol–water partition coefficient (Wildman–Crippen LogP) is 0.328. The molecule has 0 saturated carbocycles. The van der Waals surface area contributed by atoms with Gasteiger partial charge < -0.3 is 26.7 Å². The maximum atomic E-state index is 12.3. The lowest BCUT2D eigenvalue weighted by atomic mass is 10.2. The molecule has 2 rings (SSSR count). The van der Waals surface area contributed by atoms with Gasteiger partial charge in [0, 0.05) is 24.3 Å². The van der Waals surface area contributed by atoms with E-state index in [0.29, 0.717) is 17.1 Å². The Morgan fingerprint density at radius 2 is 1.88 bits per heavy atom. The van der Waals surface area contributed by atoms with Crippen LogP contribution in [0.5, 0.6) is 0 Å². The van der Waals surface area contributed by atoms with Crippen LogP contribution in [-0.4, -0.2) is 34.4 Å². The van der Waals surface area contributed by atoms with Crippen LogP contribution < -0.4 is 27.2 Å². The van der Waals surface area contributed by atoms with Crippen LogP contribution in [-0.2, 0) is 4.79 Å². The number of aryl methyl sites for hydroxylation is 1. The van der Waals surface area contributed by atoms with E-state index in [1.165, 1.54) is 12.4 Å². The van der Waals surface area contributed by atoms with Gasteiger partial charge in [-0.3, -0.25) is 14.4 Å². The number of carbonyl (C=O) groups excluding carboxylic acids is 3. The molecular formula is C16H18N6O4. The van der Waals surface area contributed by atoms with Crippen molar-refractivity contribution < 1.29 is 14.4 Å². The van der Waals surface area contributed by atoms with Crippen molar-refractivity contribution in [2.45, 2.75) is 13.3 Å². The second-order valence-electron chi connectivity index (χ2n) is 5.32. The Bertz CT molecular complexity index is 892. The van der Waals surface area contributed by atoms with Crippen molar-refractivity contribution in [3.8, 4) is 0 Å². The van der Waals surface area contributed by atoms with Crippen LogP contribution in [0.2, 0.25) is 0 Å². The van der Waals surface area contributed by atoms with Gasteiger partial charge >= 0.3 is 6.03 Å². The highest BCUT2D eigenvalue weighted by Crippen LogP contribution is 2.16. The standard InChI is InChI=1S/C16H18N6O4/c1-9-13(14(24)20-8-19-9)15(25)21-10-3-2-4-11(7-10)22-16(26)18-6-5-12(17)23/h2-4,7-8H,5-6H2,1H3,(H2,17,23)(H,21,25)(H2,18,22,26)(H,19,20,24). The molecule has 1 aromatic heterocycles. The second kappa shape index (κ2) is 8.42. The maximum absolute atomic E-state index is 12.3. The van der Waals surface area contributed by atoms with E-state index in [2.05, 4.69) is 25.9 Å². The third-order valence-electron chi connectivity index (χ3n) is 3.31. The molecule has 4 amide bonds. The largest absolute Gasteiger partial charge is 0.370 e. The average molecular weight is 358 g/mol. The number of amides is 4. The highest BCUT2D eigenvalue weighted by atomic mass is 16.2. The SMILES string of the molecule is Cc1nc[nH]c(=O)c1C(=O)Nc1cccc(NC(=O)NCCC(N)=O)c1. The molecule has 0 aliphatic rings. The molecule has 10 heteroatoms. The zero-order valence-corrected chi connectivity index (χ0v) is 14.0. The number of hydrogen-bond donors (Lipinski definition) is 5. The van der Waals surface area contributed by atoms with E-state index >= 15 is 0 Å². The molecule has 1 aromatic carbocycles. The van der Waals surface area contributed by atoms with Crippen LogP contribution in [0.25, 0.3) is 0 Å². The van der Waals surface area contributed by atoms with Crippen LogP contribution in [0.15, 0.2) is 35.4 Å². The molecule has 0 spiro atoms. The summed E-state index contributed by atoms with van der Waals surface area (Å²) in [4.78, 5) is 52.6. The number of aromatic amines is 1. The molecule has 0 aliphatic carbocycles. The number of H-pyrrole nitrogens is 1. The first kappa shape index (κ1) is 18.6. The molecule has 0 saturated heterocycles. The summed E-state index contributed by atoms with van der Waals surface area (Å²) < 4.78 is 0. The number of urea groups is 1. The molecule has 0 fully saturated rings. The first-order chi connectivity index (χ1) is 12.4. The summed E-state index contributed by atoms with van der Waals surface area (Å²) >= 11 is 0. The lowest BCUT2D eigenvalue weighted by Gasteiger charge is -2.10. The van der Waals surface area contributed by atoms with Crippen molar-refractivity contribution in [3.05, 3.63) is 52.2 Å². The lowest BCUT2D eigenvalue weighted by Crippen LogP contribution is -2.31. The van der Waals surface area contributed by atoms with E-state index < -0.39 is 23.4 Å². The van der Waals surface area contributed by atoms with Crippen molar-refractivity contribution in [1.82, 2.24) is 15.3 Å². The quantitative estimate of drug-likeness (QED) is 0.502. The van der Waals surface area contributed by atoms with Crippen LogP contribution >= 0.6 is 0 Å². The minimum absolute atomic E-state index is 0.0303. The molecule has 10 nitrogen and oxygen atoms in total. The number of hydrogen-bond acceptors (Lipinski definition) is 5. The zero-order chi connectivity index (χ0) is 19.1. The van der Waals surface area contributed by atoms with Gasteiger partial charge in [0.2, 0.25) is 5.91 Å². The van der Waals surface area contributed by atoms with E-state index in [-0.39, 0.29) is 18.5 Å². The van der Waals surface area contributed by atoms with Crippen molar-refractivity contribution >= 4 is 29.2 Å². The highest BCUT2D eigenvalue weighted by Gasteiger charge is 2.15. The molecule has 0 bridgehead atoms. The van der Waals surface area contributed by atoms with Gasteiger partial charge in [-0.15, -0.1) is 0 Å². The number of anilines is 2. The van der Waals surface area contributed by atoms with Crippen LogP contribution in [0.3, 0.4) is 0 Å². The van der Waals surface area contributed by atoms with Crippen molar-refractivity contribution in [3.63, 3.8) is 0 Å². The molecule has 0 aliphatic heterocycles. The molecule has 2 aromatic rings. The Kier molecular flexibility index (Phi) is 6.04. The molecule has 0 radical (unpaired) electrons. The number of aromatic nitrogens is 2. The Hall–Kier alpha value is -3.69. The van der Waals surface area contributed by atoms with E-state index in [1.54, 1.807) is 25.1 Å². The minimum atomic E-state index is -0.611. The van der Waals surface area contributed by atoms with Gasteiger partial charge in [0.15, 0.2) is 0 Å². The number of carbonyl (C=O) groups is 3. The molecule has 136 valence electrons. The van der Waals surface area contributed by atoms with Gasteiger partial charge in [0.1, 0.15) is 5.56 Å². The van der Waals surface area contributed by atoms with Gasteiger partial charge in [0.05, 0.1) is 12.0 Å². The minimum Gasteiger partial charge on any atom is -0.370 e. The first-order valence-electron chi connectivity index (χ1n) is 7.65. The van der Waals surface area contributed by atoms with E-state index in [4.69, 9.17) is 5.73 Å². The molecule has 0 atom stereocenters. The summed E-state index contributed by atoms with van der Waals surface area (Å²) in [6, 6.07) is 5.84. The van der Waals surface area contributed by atoms with E-state index in [1.807, 2.05) is 0 Å². The monoisotopic (exact) mass is 358 g/mol. The van der Waals surface area contributed by atoms with Gasteiger partial charge in [-0.05, 0) is 25.1 Å². The Morgan fingerprint density at radius 3 is 2.54 bits per heavy atom. The number of nitrogens with zero attached hydrogens (tertiary/aromatic N) is 1. The van der Waals surface area contributed by atoms with Gasteiger partial charge in [0.25, 0.3) is 11.5 Å². The molecule has 26 heavy (non-hydrogen) atoms. The predicted molar refractivity (Wildman–Crippen MR) is 94.8 cm³/mol. The summed E-state index contributed by atoms with van der Waals surface area (Å²) in [7, 11) is 0. The highest BCUT2D eigenvalue weighted by molar-refractivity contribution is 6.05. The fourth-order valence-electron chi connectivity index (χ4n) is 2.10. The molecule has 1 heterocycles.